The Bertz CT molecular complexity index is 1890. The molecule has 7 aromatic rings. The van der Waals surface area contributed by atoms with Gasteiger partial charge in [0.2, 0.25) is 5.71 Å². The zero-order valence-electron chi connectivity index (χ0n) is 19.4. The number of pyridine rings is 2. The zero-order chi connectivity index (χ0) is 23.6. The number of para-hydroxylation sites is 3. The standard InChI is InChI=1S/C31H22N2O2/c1-31(2,24-14-6-11-20-19-9-3-4-16-26(19)34-29(20)24)27-17-7-15-25(33-27)23-12-5-10-21-22-13-8-18-32-30(22)35-28(21)23/h3-18H,1-2H3. The number of fused-ring (bicyclic) bond motifs is 6. The molecule has 0 N–H and O–H groups in total. The van der Waals surface area contributed by atoms with E-state index in [2.05, 4.69) is 67.4 Å². The maximum atomic E-state index is 6.35. The minimum atomic E-state index is -0.382. The maximum absolute atomic E-state index is 6.35. The summed E-state index contributed by atoms with van der Waals surface area (Å²) in [4.78, 5) is 9.55. The highest BCUT2D eigenvalue weighted by Crippen LogP contribution is 2.40. The van der Waals surface area contributed by atoms with Crippen LogP contribution >= 0.6 is 0 Å². The lowest BCUT2D eigenvalue weighted by atomic mass is 9.80. The van der Waals surface area contributed by atoms with Crippen molar-refractivity contribution in [3.63, 3.8) is 0 Å². The fourth-order valence-corrected chi connectivity index (χ4v) is 5.14. The molecule has 3 aromatic carbocycles. The first-order chi connectivity index (χ1) is 17.1. The Kier molecular flexibility index (Phi) is 4.15. The molecule has 35 heavy (non-hydrogen) atoms. The summed E-state index contributed by atoms with van der Waals surface area (Å²) in [7, 11) is 0. The van der Waals surface area contributed by atoms with Crippen molar-refractivity contribution in [1.82, 2.24) is 9.97 Å². The molecule has 0 saturated carbocycles. The van der Waals surface area contributed by atoms with Gasteiger partial charge in [-0.25, -0.2) is 4.98 Å². The van der Waals surface area contributed by atoms with Gasteiger partial charge in [-0.1, -0.05) is 68.4 Å². The summed E-state index contributed by atoms with van der Waals surface area (Å²) in [5, 5.41) is 4.32. The lowest BCUT2D eigenvalue weighted by Gasteiger charge is -2.25. The van der Waals surface area contributed by atoms with Crippen molar-refractivity contribution in [2.75, 3.05) is 0 Å². The Hall–Kier alpha value is -4.44. The first-order valence-corrected chi connectivity index (χ1v) is 11.8. The van der Waals surface area contributed by atoms with Crippen LogP contribution in [0.5, 0.6) is 0 Å². The van der Waals surface area contributed by atoms with E-state index in [1.807, 2.05) is 42.5 Å². The molecule has 0 aliphatic rings. The molecule has 0 spiro atoms. The summed E-state index contributed by atoms with van der Waals surface area (Å²) in [6.07, 6.45) is 1.75. The van der Waals surface area contributed by atoms with Gasteiger partial charge in [0, 0.05) is 44.3 Å². The second kappa shape index (κ2) is 7.28. The van der Waals surface area contributed by atoms with Crippen LogP contribution in [0.15, 0.2) is 106 Å². The fourth-order valence-electron chi connectivity index (χ4n) is 5.14. The Morgan fingerprint density at radius 3 is 2.29 bits per heavy atom. The first kappa shape index (κ1) is 20.0. The molecule has 7 rings (SSSR count). The van der Waals surface area contributed by atoms with Gasteiger partial charge in [0.15, 0.2) is 0 Å². The summed E-state index contributed by atoms with van der Waals surface area (Å²) >= 11 is 0. The van der Waals surface area contributed by atoms with E-state index in [9.17, 15) is 0 Å². The molecule has 0 radical (unpaired) electrons. The minimum Gasteiger partial charge on any atom is -0.456 e. The van der Waals surface area contributed by atoms with Gasteiger partial charge < -0.3 is 8.83 Å². The third kappa shape index (κ3) is 2.93. The number of nitrogens with zero attached hydrogens (tertiary/aromatic N) is 2. The number of rotatable bonds is 3. The van der Waals surface area contributed by atoms with Crippen LogP contribution < -0.4 is 0 Å². The number of hydrogen-bond acceptors (Lipinski definition) is 4. The molecule has 168 valence electrons. The average molecular weight is 455 g/mol. The fraction of sp³-hybridized carbons (Fsp3) is 0.0968. The molecular weight excluding hydrogens is 432 g/mol. The van der Waals surface area contributed by atoms with E-state index >= 15 is 0 Å². The lowest BCUT2D eigenvalue weighted by molar-refractivity contribution is 0.593. The van der Waals surface area contributed by atoms with Crippen LogP contribution in [0.4, 0.5) is 0 Å². The first-order valence-electron chi connectivity index (χ1n) is 11.8. The van der Waals surface area contributed by atoms with Crippen molar-refractivity contribution in [2.45, 2.75) is 19.3 Å². The zero-order valence-corrected chi connectivity index (χ0v) is 19.4. The lowest BCUT2D eigenvalue weighted by Crippen LogP contribution is -2.21. The van der Waals surface area contributed by atoms with E-state index in [0.29, 0.717) is 5.71 Å². The van der Waals surface area contributed by atoms with Gasteiger partial charge in [0.05, 0.1) is 11.4 Å². The van der Waals surface area contributed by atoms with Crippen LogP contribution in [0.2, 0.25) is 0 Å². The number of benzene rings is 3. The van der Waals surface area contributed by atoms with Crippen molar-refractivity contribution < 1.29 is 8.83 Å². The molecule has 0 aliphatic heterocycles. The maximum Gasteiger partial charge on any atom is 0.227 e. The summed E-state index contributed by atoms with van der Waals surface area (Å²) in [5.74, 6) is 0. The van der Waals surface area contributed by atoms with E-state index in [-0.39, 0.29) is 5.41 Å². The quantitative estimate of drug-likeness (QED) is 0.270. The topological polar surface area (TPSA) is 52.1 Å². The van der Waals surface area contributed by atoms with E-state index in [0.717, 1.165) is 60.8 Å². The molecular formula is C31H22N2O2. The van der Waals surface area contributed by atoms with Gasteiger partial charge in [-0.3, -0.25) is 4.98 Å². The average Bonchev–Trinajstić information content (AvgIpc) is 3.47. The molecule has 0 amide bonds. The van der Waals surface area contributed by atoms with Crippen molar-refractivity contribution >= 4 is 44.0 Å². The van der Waals surface area contributed by atoms with Gasteiger partial charge in [-0.05, 0) is 36.4 Å². The van der Waals surface area contributed by atoms with E-state index in [1.165, 1.54) is 0 Å². The van der Waals surface area contributed by atoms with Gasteiger partial charge >= 0.3 is 0 Å². The van der Waals surface area contributed by atoms with Gasteiger partial charge in [0.1, 0.15) is 16.7 Å². The SMILES string of the molecule is CC(C)(c1cccc(-c2cccc3c2oc2ncccc23)n1)c1cccc2c1oc1ccccc12. The van der Waals surface area contributed by atoms with Crippen LogP contribution in [0.25, 0.3) is 55.3 Å². The molecule has 4 heterocycles. The number of hydrogen-bond donors (Lipinski definition) is 0. The van der Waals surface area contributed by atoms with Crippen LogP contribution in [0.3, 0.4) is 0 Å². The van der Waals surface area contributed by atoms with Crippen molar-refractivity contribution in [3.05, 3.63) is 108 Å². The molecule has 0 fully saturated rings. The highest BCUT2D eigenvalue weighted by Gasteiger charge is 2.29. The van der Waals surface area contributed by atoms with Crippen LogP contribution in [-0.4, -0.2) is 9.97 Å². The minimum absolute atomic E-state index is 0.382. The Balaban J connectivity index is 1.41. The molecule has 0 aliphatic carbocycles. The largest absolute Gasteiger partial charge is 0.456 e. The van der Waals surface area contributed by atoms with Crippen molar-refractivity contribution in [2.24, 2.45) is 0 Å². The summed E-state index contributed by atoms with van der Waals surface area (Å²) < 4.78 is 12.5. The van der Waals surface area contributed by atoms with Crippen LogP contribution in [0.1, 0.15) is 25.1 Å². The molecule has 4 aromatic heterocycles. The van der Waals surface area contributed by atoms with Crippen LogP contribution in [-0.2, 0) is 5.41 Å². The Labute approximate surface area is 201 Å². The highest BCUT2D eigenvalue weighted by atomic mass is 16.3. The monoisotopic (exact) mass is 454 g/mol. The molecule has 0 unspecified atom stereocenters. The normalized spacial score (nSPS) is 12.3. The summed E-state index contributed by atoms with van der Waals surface area (Å²) in [5.41, 5.74) is 6.79. The third-order valence-corrected chi connectivity index (χ3v) is 7.02. The molecule has 0 atom stereocenters. The molecule has 4 nitrogen and oxygen atoms in total. The van der Waals surface area contributed by atoms with E-state index in [1.54, 1.807) is 6.20 Å². The Morgan fingerprint density at radius 1 is 0.629 bits per heavy atom. The molecule has 0 saturated heterocycles. The van der Waals surface area contributed by atoms with E-state index < -0.39 is 0 Å². The number of aromatic nitrogens is 2. The molecule has 4 heteroatoms. The molecule has 0 bridgehead atoms. The smallest absolute Gasteiger partial charge is 0.227 e. The van der Waals surface area contributed by atoms with Gasteiger partial charge in [0.25, 0.3) is 0 Å². The second-order valence-electron chi connectivity index (χ2n) is 9.45. The second-order valence-corrected chi connectivity index (χ2v) is 9.45. The predicted molar refractivity (Wildman–Crippen MR) is 141 cm³/mol. The van der Waals surface area contributed by atoms with Gasteiger partial charge in [-0.2, -0.15) is 0 Å². The third-order valence-electron chi connectivity index (χ3n) is 7.02. The van der Waals surface area contributed by atoms with Crippen LogP contribution in [0, 0.1) is 0 Å². The van der Waals surface area contributed by atoms with E-state index in [4.69, 9.17) is 13.8 Å². The van der Waals surface area contributed by atoms with Gasteiger partial charge in [-0.15, -0.1) is 0 Å². The summed E-state index contributed by atoms with van der Waals surface area (Å²) in [6, 6.07) is 30.9. The number of furan rings is 2. The van der Waals surface area contributed by atoms with Crippen molar-refractivity contribution in [1.29, 1.82) is 0 Å². The van der Waals surface area contributed by atoms with Crippen molar-refractivity contribution in [3.8, 4) is 11.3 Å². The highest BCUT2D eigenvalue weighted by molar-refractivity contribution is 6.08. The predicted octanol–water partition coefficient (Wildman–Crippen LogP) is 8.27. The summed E-state index contributed by atoms with van der Waals surface area (Å²) in [6.45, 7) is 4.40. The Morgan fingerprint density at radius 2 is 1.37 bits per heavy atom.